The van der Waals surface area contributed by atoms with Crippen LogP contribution in [0, 0.1) is 0 Å². The van der Waals surface area contributed by atoms with E-state index in [0.29, 0.717) is 0 Å². The third-order valence-corrected chi connectivity index (χ3v) is 6.57. The van der Waals surface area contributed by atoms with Gasteiger partial charge in [-0.1, -0.05) is 72.8 Å². The Kier molecular flexibility index (Phi) is 7.20. The third-order valence-electron chi connectivity index (χ3n) is 6.57. The smallest absolute Gasteiger partial charge is 0.173 e. The van der Waals surface area contributed by atoms with Gasteiger partial charge >= 0.3 is 0 Å². The van der Waals surface area contributed by atoms with E-state index >= 15 is 0 Å². The van der Waals surface area contributed by atoms with E-state index in [2.05, 4.69) is 98.1 Å². The molecule has 1 aromatic heterocycles. The van der Waals surface area contributed by atoms with Gasteiger partial charge in [0.1, 0.15) is 0 Å². The van der Waals surface area contributed by atoms with E-state index in [-0.39, 0.29) is 12.1 Å². The molecule has 0 aliphatic carbocycles. The zero-order valence-electron chi connectivity index (χ0n) is 19.0. The highest BCUT2D eigenvalue weighted by Gasteiger charge is 2.31. The zero-order chi connectivity index (χ0) is 22.3. The van der Waals surface area contributed by atoms with E-state index in [1.165, 1.54) is 11.1 Å². The van der Waals surface area contributed by atoms with Crippen molar-refractivity contribution in [1.82, 2.24) is 30.0 Å². The number of rotatable bonds is 8. The van der Waals surface area contributed by atoms with Crippen molar-refractivity contribution < 1.29 is 4.74 Å². The van der Waals surface area contributed by atoms with E-state index in [0.717, 1.165) is 64.5 Å². The maximum Gasteiger partial charge on any atom is 0.173 e. The van der Waals surface area contributed by atoms with Crippen LogP contribution in [0.4, 0.5) is 0 Å². The van der Waals surface area contributed by atoms with Crippen LogP contribution >= 0.6 is 0 Å². The van der Waals surface area contributed by atoms with Gasteiger partial charge in [0.25, 0.3) is 0 Å². The molecule has 2 aliphatic heterocycles. The quantitative estimate of drug-likeness (QED) is 0.532. The normalized spacial score (nSPS) is 21.0. The molecule has 0 radical (unpaired) electrons. The van der Waals surface area contributed by atoms with Crippen molar-refractivity contribution in [2.45, 2.75) is 31.5 Å². The van der Waals surface area contributed by atoms with Crippen LogP contribution in [0.25, 0.3) is 6.08 Å². The average molecular weight is 445 g/mol. The van der Waals surface area contributed by atoms with Crippen LogP contribution in [0.1, 0.15) is 35.8 Å². The van der Waals surface area contributed by atoms with Gasteiger partial charge in [-0.05, 0) is 34.4 Å². The highest BCUT2D eigenvalue weighted by atomic mass is 16.5. The molecule has 2 fully saturated rings. The molecule has 0 saturated carbocycles. The monoisotopic (exact) mass is 444 g/mol. The van der Waals surface area contributed by atoms with Crippen LogP contribution in [-0.2, 0) is 11.3 Å². The molecular formula is C26H32N6O. The van der Waals surface area contributed by atoms with Gasteiger partial charge < -0.3 is 4.74 Å². The first-order chi connectivity index (χ1) is 16.4. The molecule has 0 bridgehead atoms. The summed E-state index contributed by atoms with van der Waals surface area (Å²) in [7, 11) is 0. The first-order valence-electron chi connectivity index (χ1n) is 12.0. The highest BCUT2D eigenvalue weighted by molar-refractivity contribution is 5.48. The molecule has 7 heteroatoms. The second-order valence-corrected chi connectivity index (χ2v) is 8.82. The Morgan fingerprint density at radius 2 is 1.73 bits per heavy atom. The Bertz CT molecular complexity index is 1010. The number of nitrogens with zero attached hydrogens (tertiary/aromatic N) is 6. The fraction of sp³-hybridized carbons (Fsp3) is 0.423. The number of tetrazole rings is 1. The Morgan fingerprint density at radius 1 is 0.970 bits per heavy atom. The van der Waals surface area contributed by atoms with Crippen LogP contribution < -0.4 is 0 Å². The zero-order valence-corrected chi connectivity index (χ0v) is 19.0. The van der Waals surface area contributed by atoms with Crippen molar-refractivity contribution in [3.63, 3.8) is 0 Å². The maximum absolute atomic E-state index is 5.85. The molecule has 3 heterocycles. The van der Waals surface area contributed by atoms with Gasteiger partial charge in [0, 0.05) is 39.3 Å². The molecule has 2 atom stereocenters. The summed E-state index contributed by atoms with van der Waals surface area (Å²) in [5.41, 5.74) is 2.48. The average Bonchev–Trinajstić information content (AvgIpc) is 3.55. The molecular weight excluding hydrogens is 412 g/mol. The number of hydrogen-bond acceptors (Lipinski definition) is 6. The first kappa shape index (κ1) is 21.9. The molecule has 2 aromatic carbocycles. The van der Waals surface area contributed by atoms with Gasteiger partial charge in [-0.25, -0.2) is 4.68 Å². The minimum atomic E-state index is 0.0459. The SMILES string of the molecule is C(=Cc1ccccc1)CN1CCN([C@H](c2ccccc2)c2nnnn2CC2CCCO2)CC1. The standard InChI is InChI=1S/C26H32N6O/c1-3-9-22(10-4-1)11-7-15-30-16-18-31(19-17-30)25(23-12-5-2-6-13-23)26-27-28-29-32(26)21-24-14-8-20-33-24/h1-7,9-13,24-25H,8,14-21H2/t24?,25-/m1/s1. The first-order valence-corrected chi connectivity index (χ1v) is 12.0. The molecule has 5 rings (SSSR count). The maximum atomic E-state index is 5.85. The number of aromatic nitrogens is 4. The van der Waals surface area contributed by atoms with Gasteiger partial charge in [-0.3, -0.25) is 9.80 Å². The van der Waals surface area contributed by atoms with Crippen molar-refractivity contribution in [3.8, 4) is 0 Å². The minimum absolute atomic E-state index is 0.0459. The molecule has 0 amide bonds. The Labute approximate surface area is 195 Å². The van der Waals surface area contributed by atoms with E-state index in [4.69, 9.17) is 4.74 Å². The van der Waals surface area contributed by atoms with Gasteiger partial charge in [0.05, 0.1) is 18.7 Å². The lowest BCUT2D eigenvalue weighted by atomic mass is 10.0. The summed E-state index contributed by atoms with van der Waals surface area (Å²) in [5, 5.41) is 12.9. The second kappa shape index (κ2) is 10.8. The molecule has 2 aliphatic rings. The molecule has 7 nitrogen and oxygen atoms in total. The summed E-state index contributed by atoms with van der Waals surface area (Å²) in [6.07, 6.45) is 6.87. The second-order valence-electron chi connectivity index (χ2n) is 8.82. The predicted molar refractivity (Wildman–Crippen MR) is 129 cm³/mol. The fourth-order valence-corrected chi connectivity index (χ4v) is 4.78. The van der Waals surface area contributed by atoms with E-state index < -0.39 is 0 Å². The molecule has 0 spiro atoms. The fourth-order valence-electron chi connectivity index (χ4n) is 4.78. The molecule has 172 valence electrons. The van der Waals surface area contributed by atoms with Crippen LogP contribution in [0.5, 0.6) is 0 Å². The molecule has 1 unspecified atom stereocenters. The third kappa shape index (κ3) is 5.55. The van der Waals surface area contributed by atoms with Crippen LogP contribution in [0.3, 0.4) is 0 Å². The predicted octanol–water partition coefficient (Wildman–Crippen LogP) is 3.27. The number of hydrogen-bond donors (Lipinski definition) is 0. The molecule has 0 N–H and O–H groups in total. The number of ether oxygens (including phenoxy) is 1. The molecule has 3 aromatic rings. The topological polar surface area (TPSA) is 59.3 Å². The van der Waals surface area contributed by atoms with Crippen molar-refractivity contribution in [3.05, 3.63) is 83.7 Å². The number of benzene rings is 2. The van der Waals surface area contributed by atoms with Crippen LogP contribution in [0.2, 0.25) is 0 Å². The Hall–Kier alpha value is -2.87. The van der Waals surface area contributed by atoms with Gasteiger partial charge in [0.15, 0.2) is 5.82 Å². The lowest BCUT2D eigenvalue weighted by molar-refractivity contribution is 0.0868. The number of piperazine rings is 1. The summed E-state index contributed by atoms with van der Waals surface area (Å²) in [6, 6.07) is 21.2. The summed E-state index contributed by atoms with van der Waals surface area (Å²) < 4.78 is 7.81. The summed E-state index contributed by atoms with van der Waals surface area (Å²) in [4.78, 5) is 5.03. The van der Waals surface area contributed by atoms with Crippen molar-refractivity contribution in [1.29, 1.82) is 0 Å². The highest BCUT2D eigenvalue weighted by Crippen LogP contribution is 2.28. The lowest BCUT2D eigenvalue weighted by Gasteiger charge is -2.38. The summed E-state index contributed by atoms with van der Waals surface area (Å²) in [5.74, 6) is 0.911. The van der Waals surface area contributed by atoms with Crippen LogP contribution in [0.15, 0.2) is 66.7 Å². The summed E-state index contributed by atoms with van der Waals surface area (Å²) >= 11 is 0. The molecule has 33 heavy (non-hydrogen) atoms. The van der Waals surface area contributed by atoms with E-state index in [1.807, 2.05) is 4.68 Å². The van der Waals surface area contributed by atoms with Crippen LogP contribution in [-0.4, -0.2) is 75.4 Å². The largest absolute Gasteiger partial charge is 0.376 e. The lowest BCUT2D eigenvalue weighted by Crippen LogP contribution is -2.48. The van der Waals surface area contributed by atoms with Gasteiger partial charge in [-0.2, -0.15) is 0 Å². The minimum Gasteiger partial charge on any atom is -0.376 e. The van der Waals surface area contributed by atoms with Crippen molar-refractivity contribution in [2.24, 2.45) is 0 Å². The van der Waals surface area contributed by atoms with Gasteiger partial charge in [-0.15, -0.1) is 5.10 Å². The summed E-state index contributed by atoms with van der Waals surface area (Å²) in [6.45, 7) is 6.53. The van der Waals surface area contributed by atoms with E-state index in [9.17, 15) is 0 Å². The van der Waals surface area contributed by atoms with Crippen molar-refractivity contribution in [2.75, 3.05) is 39.3 Å². The van der Waals surface area contributed by atoms with Crippen molar-refractivity contribution >= 4 is 6.08 Å². The Morgan fingerprint density at radius 3 is 2.45 bits per heavy atom. The van der Waals surface area contributed by atoms with Gasteiger partial charge in [0.2, 0.25) is 0 Å². The molecule has 2 saturated heterocycles. The van der Waals surface area contributed by atoms with E-state index in [1.54, 1.807) is 0 Å². The Balaban J connectivity index is 1.27.